The van der Waals surface area contributed by atoms with Crippen molar-refractivity contribution in [2.24, 2.45) is 0 Å². The first-order valence-electron chi connectivity index (χ1n) is 17.1. The third-order valence-electron chi connectivity index (χ3n) is 9.40. The number of nitrogens with zero attached hydrogens (tertiary/aromatic N) is 5. The predicted molar refractivity (Wildman–Crippen MR) is 208 cm³/mol. The summed E-state index contributed by atoms with van der Waals surface area (Å²) in [5.41, 5.74) is 6.10. The molecule has 9 aromatic rings. The maximum atomic E-state index is 15.4. The number of fused-ring (bicyclic) bond motifs is 2. The number of aromatic nitrogens is 5. The molecular weight excluding hydrogens is 682 g/mol. The van der Waals surface area contributed by atoms with Gasteiger partial charge in [-0.2, -0.15) is 0 Å². The maximum Gasteiger partial charge on any atom is 0.268 e. The molecule has 3 aromatic heterocycles. The van der Waals surface area contributed by atoms with Crippen LogP contribution in [0.2, 0.25) is 0 Å². The van der Waals surface area contributed by atoms with E-state index in [9.17, 15) is 8.42 Å². The minimum Gasteiger partial charge on any atom is -0.314 e. The summed E-state index contributed by atoms with van der Waals surface area (Å²) in [6, 6.07) is 46.2. The highest BCUT2D eigenvalue weighted by atomic mass is 32.2. The van der Waals surface area contributed by atoms with Crippen molar-refractivity contribution in [3.8, 4) is 51.0 Å². The maximum absolute atomic E-state index is 15.4. The largest absolute Gasteiger partial charge is 0.314 e. The fraction of sp³-hybridized carbons (Fsp3) is 0.0227. The number of halogens is 1. The highest BCUT2D eigenvalue weighted by Gasteiger charge is 2.24. The average molecular weight is 712 g/mol. The van der Waals surface area contributed by atoms with Crippen LogP contribution in [0.15, 0.2) is 169 Å². The van der Waals surface area contributed by atoms with Crippen LogP contribution in [0.25, 0.3) is 72.8 Å². The first-order chi connectivity index (χ1) is 25.8. The van der Waals surface area contributed by atoms with Crippen LogP contribution in [-0.4, -0.2) is 31.9 Å². The first-order valence-corrected chi connectivity index (χ1v) is 18.5. The normalized spacial score (nSPS) is 11.7. The molecule has 3 heterocycles. The van der Waals surface area contributed by atoms with Crippen LogP contribution >= 0.6 is 0 Å². The van der Waals surface area contributed by atoms with Gasteiger partial charge in [0.05, 0.1) is 21.6 Å². The Hall–Kier alpha value is -6.71. The highest BCUT2D eigenvalue weighted by Crippen LogP contribution is 2.38. The van der Waals surface area contributed by atoms with Gasteiger partial charge < -0.3 is 4.57 Å². The van der Waals surface area contributed by atoms with E-state index in [0.29, 0.717) is 50.8 Å². The summed E-state index contributed by atoms with van der Waals surface area (Å²) >= 11 is 0. The Morgan fingerprint density at radius 2 is 1.11 bits per heavy atom. The van der Waals surface area contributed by atoms with Crippen molar-refractivity contribution in [3.05, 3.63) is 175 Å². The van der Waals surface area contributed by atoms with Crippen molar-refractivity contribution in [2.45, 2.75) is 11.8 Å². The van der Waals surface area contributed by atoms with Crippen LogP contribution < -0.4 is 0 Å². The van der Waals surface area contributed by atoms with E-state index >= 15 is 4.39 Å². The quantitative estimate of drug-likeness (QED) is 0.164. The molecule has 6 aromatic carbocycles. The summed E-state index contributed by atoms with van der Waals surface area (Å²) in [7, 11) is -4.04. The lowest BCUT2D eigenvalue weighted by Gasteiger charge is -2.16. The van der Waals surface area contributed by atoms with Crippen molar-refractivity contribution in [1.29, 1.82) is 0 Å². The Morgan fingerprint density at radius 3 is 1.77 bits per heavy atom. The van der Waals surface area contributed by atoms with E-state index in [1.165, 1.54) is 10.0 Å². The third kappa shape index (κ3) is 5.68. The molecule has 0 saturated heterocycles. The van der Waals surface area contributed by atoms with E-state index in [2.05, 4.69) is 0 Å². The summed E-state index contributed by atoms with van der Waals surface area (Å²) in [6.45, 7) is 1.92. The second kappa shape index (κ2) is 12.8. The van der Waals surface area contributed by atoms with E-state index in [1.54, 1.807) is 54.7 Å². The SMILES string of the molecule is Cc1ccc(S(=O)(=O)n2ccc3cc(-c4nc(-c5ccccc5)nc(-c5ccccc5)n4)cc(-n4ccc5cccc(-c6ccccc6F)c54)c32)cc1. The molecule has 0 fully saturated rings. The van der Waals surface area contributed by atoms with E-state index in [1.807, 2.05) is 115 Å². The molecule has 53 heavy (non-hydrogen) atoms. The fourth-order valence-corrected chi connectivity index (χ4v) is 8.16. The van der Waals surface area contributed by atoms with E-state index in [0.717, 1.165) is 27.6 Å². The Labute approximate surface area is 305 Å². The first kappa shape index (κ1) is 32.2. The Kier molecular flexibility index (Phi) is 7.78. The molecule has 0 N–H and O–H groups in total. The number of hydrogen-bond acceptors (Lipinski definition) is 5. The van der Waals surface area contributed by atoms with Crippen molar-refractivity contribution < 1.29 is 12.8 Å². The fourth-order valence-electron chi connectivity index (χ4n) is 6.80. The standard InChI is InChI=1S/C44H30FN5O2S/c1-29-19-21-35(22-20-29)53(51,52)50-26-24-33-27-34(44-47-42(31-11-4-2-5-12-31)46-43(48-44)32-13-6-3-7-14-32)28-39(41(33)50)49-25-23-30-15-10-17-37(40(30)49)36-16-8-9-18-38(36)45/h2-28H,1H3. The van der Waals surface area contributed by atoms with Gasteiger partial charge in [0.15, 0.2) is 17.5 Å². The van der Waals surface area contributed by atoms with Gasteiger partial charge in [0, 0.05) is 51.0 Å². The van der Waals surface area contributed by atoms with E-state index in [4.69, 9.17) is 15.0 Å². The van der Waals surface area contributed by atoms with E-state index in [-0.39, 0.29) is 10.7 Å². The van der Waals surface area contributed by atoms with Gasteiger partial charge in [-0.15, -0.1) is 0 Å². The molecule has 256 valence electrons. The zero-order valence-electron chi connectivity index (χ0n) is 28.4. The van der Waals surface area contributed by atoms with Gasteiger partial charge in [0.2, 0.25) is 0 Å². The zero-order valence-corrected chi connectivity index (χ0v) is 29.2. The van der Waals surface area contributed by atoms with Crippen LogP contribution in [0.1, 0.15) is 5.56 Å². The molecule has 0 aliphatic heterocycles. The molecule has 7 nitrogen and oxygen atoms in total. The van der Waals surface area contributed by atoms with Crippen LogP contribution in [0.5, 0.6) is 0 Å². The molecule has 0 unspecified atom stereocenters. The summed E-state index contributed by atoms with van der Waals surface area (Å²) in [5.74, 6) is 1.07. The molecule has 9 heteroatoms. The lowest BCUT2D eigenvalue weighted by molar-refractivity contribution is 0.589. The second-order valence-corrected chi connectivity index (χ2v) is 14.6. The second-order valence-electron chi connectivity index (χ2n) is 12.8. The van der Waals surface area contributed by atoms with E-state index < -0.39 is 10.0 Å². The van der Waals surface area contributed by atoms with Crippen LogP contribution in [0, 0.1) is 12.7 Å². The lowest BCUT2D eigenvalue weighted by atomic mass is 10.0. The van der Waals surface area contributed by atoms with Crippen molar-refractivity contribution in [2.75, 3.05) is 0 Å². The Morgan fingerprint density at radius 1 is 0.528 bits per heavy atom. The molecule has 0 aliphatic carbocycles. The molecule has 0 atom stereocenters. The van der Waals surface area contributed by atoms with Crippen molar-refractivity contribution in [1.82, 2.24) is 23.5 Å². The van der Waals surface area contributed by atoms with Gasteiger partial charge in [-0.05, 0) is 49.4 Å². The van der Waals surface area contributed by atoms with Crippen LogP contribution in [0.3, 0.4) is 0 Å². The van der Waals surface area contributed by atoms with Crippen molar-refractivity contribution in [3.63, 3.8) is 0 Å². The summed E-state index contributed by atoms with van der Waals surface area (Å²) in [4.78, 5) is 15.0. The smallest absolute Gasteiger partial charge is 0.268 e. The Bertz CT molecular complexity index is 2860. The van der Waals surface area contributed by atoms with Gasteiger partial charge in [0.25, 0.3) is 10.0 Å². The molecule has 0 amide bonds. The van der Waals surface area contributed by atoms with Gasteiger partial charge in [-0.1, -0.05) is 115 Å². The monoisotopic (exact) mass is 711 g/mol. The number of rotatable bonds is 7. The predicted octanol–water partition coefficient (Wildman–Crippen LogP) is 10.1. The topological polar surface area (TPSA) is 82.7 Å². The van der Waals surface area contributed by atoms with Gasteiger partial charge in [-0.3, -0.25) is 0 Å². The molecule has 0 spiro atoms. The number of para-hydroxylation sites is 1. The van der Waals surface area contributed by atoms with Crippen LogP contribution in [0.4, 0.5) is 4.39 Å². The molecule has 0 saturated carbocycles. The minimum atomic E-state index is -4.04. The summed E-state index contributed by atoms with van der Waals surface area (Å²) in [6.07, 6.45) is 3.47. The molecule has 9 rings (SSSR count). The number of hydrogen-bond donors (Lipinski definition) is 0. The molecule has 0 aliphatic rings. The molecule has 0 bridgehead atoms. The minimum absolute atomic E-state index is 0.164. The highest BCUT2D eigenvalue weighted by molar-refractivity contribution is 7.90. The van der Waals surface area contributed by atoms with Gasteiger partial charge in [-0.25, -0.2) is 31.7 Å². The van der Waals surface area contributed by atoms with Crippen LogP contribution in [-0.2, 0) is 10.0 Å². The zero-order chi connectivity index (χ0) is 36.1. The molecule has 0 radical (unpaired) electrons. The summed E-state index contributed by atoms with van der Waals surface area (Å²) in [5, 5.41) is 1.52. The van der Waals surface area contributed by atoms with Crippen molar-refractivity contribution >= 4 is 31.8 Å². The molecular formula is C44H30FN5O2S. The number of aryl methyl sites for hydroxylation is 1. The lowest BCUT2D eigenvalue weighted by Crippen LogP contribution is -2.13. The number of benzene rings is 6. The average Bonchev–Trinajstić information content (AvgIpc) is 3.84. The van der Waals surface area contributed by atoms with Gasteiger partial charge in [0.1, 0.15) is 5.82 Å². The third-order valence-corrected chi connectivity index (χ3v) is 11.1. The Balaban J connectivity index is 1.35. The van der Waals surface area contributed by atoms with Gasteiger partial charge >= 0.3 is 0 Å². The summed E-state index contributed by atoms with van der Waals surface area (Å²) < 4.78 is 47.4.